The Hall–Kier alpha value is -2.05. The third-order valence-electron chi connectivity index (χ3n) is 6.01. The number of anilines is 2. The summed E-state index contributed by atoms with van der Waals surface area (Å²) in [6.45, 7) is 4.98. The molecule has 0 saturated carbocycles. The molecule has 0 bridgehead atoms. The highest BCUT2D eigenvalue weighted by Crippen LogP contribution is 2.33. The van der Waals surface area contributed by atoms with Crippen LogP contribution < -0.4 is 10.2 Å². The van der Waals surface area contributed by atoms with Gasteiger partial charge in [0, 0.05) is 31.7 Å². The molecule has 2 heterocycles. The summed E-state index contributed by atoms with van der Waals surface area (Å²) in [5, 5.41) is 8.46. The second kappa shape index (κ2) is 11.9. The quantitative estimate of drug-likeness (QED) is 0.336. The molecule has 1 N–H and O–H groups in total. The average molecular weight is 503 g/mol. The third kappa shape index (κ3) is 6.73. The minimum absolute atomic E-state index is 0.0796. The second-order valence-electron chi connectivity index (χ2n) is 8.35. The van der Waals surface area contributed by atoms with Gasteiger partial charge >= 0.3 is 0 Å². The Morgan fingerprint density at radius 2 is 1.79 bits per heavy atom. The third-order valence-corrected chi connectivity index (χ3v) is 7.50. The molecule has 1 aliphatic heterocycles. The summed E-state index contributed by atoms with van der Waals surface area (Å²) in [7, 11) is 0. The van der Waals surface area contributed by atoms with Gasteiger partial charge in [0.05, 0.1) is 15.7 Å². The molecule has 1 fully saturated rings. The van der Waals surface area contributed by atoms with Crippen LogP contribution >= 0.6 is 34.5 Å². The van der Waals surface area contributed by atoms with Crippen LogP contribution in [0.2, 0.25) is 10.0 Å². The summed E-state index contributed by atoms with van der Waals surface area (Å²) in [6.07, 6.45) is 3.54. The number of amides is 1. The van der Waals surface area contributed by atoms with Gasteiger partial charge in [-0.3, -0.25) is 4.79 Å². The first kappa shape index (κ1) is 24.1. The van der Waals surface area contributed by atoms with Crippen LogP contribution in [0.25, 0.3) is 11.1 Å². The molecule has 33 heavy (non-hydrogen) atoms. The molecule has 1 aliphatic rings. The zero-order valence-corrected chi connectivity index (χ0v) is 20.9. The molecule has 0 atom stereocenters. The molecule has 174 valence electrons. The number of unbranched alkanes of at least 4 members (excludes halogenated alkanes) is 1. The largest absolute Gasteiger partial charge is 0.369 e. The SMILES string of the molecule is O=C(CCCCN1CCCN(c2cccc(Cl)c2Cl)CC1)Nc1ccc(-c2ccsc2)cc1. The molecule has 0 aliphatic carbocycles. The molecule has 2 aromatic carbocycles. The number of nitrogens with one attached hydrogen (secondary N) is 1. The first-order valence-corrected chi connectivity index (χ1v) is 13.1. The molecule has 0 radical (unpaired) electrons. The summed E-state index contributed by atoms with van der Waals surface area (Å²) in [5.74, 6) is 0.0796. The van der Waals surface area contributed by atoms with E-state index in [2.05, 4.69) is 44.1 Å². The zero-order valence-electron chi connectivity index (χ0n) is 18.6. The molecular weight excluding hydrogens is 473 g/mol. The van der Waals surface area contributed by atoms with Crippen molar-refractivity contribution in [1.82, 2.24) is 4.90 Å². The van der Waals surface area contributed by atoms with Crippen LogP contribution in [0.1, 0.15) is 25.7 Å². The highest BCUT2D eigenvalue weighted by atomic mass is 35.5. The Morgan fingerprint density at radius 3 is 2.58 bits per heavy atom. The fraction of sp³-hybridized carbons (Fsp3) is 0.346. The number of hydrogen-bond acceptors (Lipinski definition) is 4. The highest BCUT2D eigenvalue weighted by molar-refractivity contribution is 7.08. The predicted molar refractivity (Wildman–Crippen MR) is 142 cm³/mol. The number of carbonyl (C=O) groups excluding carboxylic acids is 1. The average Bonchev–Trinajstić information content (AvgIpc) is 3.26. The summed E-state index contributed by atoms with van der Waals surface area (Å²) >= 11 is 14.3. The molecule has 1 amide bonds. The Morgan fingerprint density at radius 1 is 0.939 bits per heavy atom. The number of hydrogen-bond donors (Lipinski definition) is 1. The topological polar surface area (TPSA) is 35.6 Å². The normalized spacial score (nSPS) is 14.8. The van der Waals surface area contributed by atoms with Crippen LogP contribution in [0.5, 0.6) is 0 Å². The summed E-state index contributed by atoms with van der Waals surface area (Å²) in [6, 6.07) is 16.0. The smallest absolute Gasteiger partial charge is 0.224 e. The van der Waals surface area contributed by atoms with Gasteiger partial charge in [-0.25, -0.2) is 0 Å². The first-order chi connectivity index (χ1) is 16.1. The minimum atomic E-state index is 0.0796. The van der Waals surface area contributed by atoms with Crippen LogP contribution in [0, 0.1) is 0 Å². The number of rotatable bonds is 8. The van der Waals surface area contributed by atoms with E-state index < -0.39 is 0 Å². The fourth-order valence-corrected chi connectivity index (χ4v) is 5.27. The lowest BCUT2D eigenvalue weighted by molar-refractivity contribution is -0.116. The Bertz CT molecular complexity index is 1040. The minimum Gasteiger partial charge on any atom is -0.369 e. The van der Waals surface area contributed by atoms with E-state index in [0.29, 0.717) is 16.5 Å². The molecule has 4 rings (SSSR count). The van der Waals surface area contributed by atoms with Crippen LogP contribution in [-0.4, -0.2) is 43.5 Å². The lowest BCUT2D eigenvalue weighted by atomic mass is 10.1. The van der Waals surface area contributed by atoms with Crippen LogP contribution in [0.15, 0.2) is 59.3 Å². The van der Waals surface area contributed by atoms with Crippen molar-refractivity contribution < 1.29 is 4.79 Å². The second-order valence-corrected chi connectivity index (χ2v) is 9.92. The predicted octanol–water partition coefficient (Wildman–Crippen LogP) is 7.04. The van der Waals surface area contributed by atoms with Crippen molar-refractivity contribution in [3.8, 4) is 11.1 Å². The van der Waals surface area contributed by atoms with Crippen molar-refractivity contribution in [2.75, 3.05) is 42.9 Å². The Labute approximate surface area is 210 Å². The van der Waals surface area contributed by atoms with E-state index in [1.165, 1.54) is 11.1 Å². The van der Waals surface area contributed by atoms with E-state index in [9.17, 15) is 4.79 Å². The molecule has 1 aromatic heterocycles. The van der Waals surface area contributed by atoms with Crippen LogP contribution in [-0.2, 0) is 4.79 Å². The van der Waals surface area contributed by atoms with E-state index in [4.69, 9.17) is 23.2 Å². The summed E-state index contributed by atoms with van der Waals surface area (Å²) in [4.78, 5) is 17.1. The van der Waals surface area contributed by atoms with Crippen molar-refractivity contribution in [2.45, 2.75) is 25.7 Å². The number of carbonyl (C=O) groups is 1. The molecule has 3 aromatic rings. The van der Waals surface area contributed by atoms with Crippen molar-refractivity contribution in [1.29, 1.82) is 0 Å². The van der Waals surface area contributed by atoms with Crippen LogP contribution in [0.4, 0.5) is 11.4 Å². The van der Waals surface area contributed by atoms with Crippen molar-refractivity contribution in [2.24, 2.45) is 0 Å². The number of nitrogens with zero attached hydrogens (tertiary/aromatic N) is 2. The van der Waals surface area contributed by atoms with Crippen molar-refractivity contribution in [3.05, 3.63) is 69.3 Å². The monoisotopic (exact) mass is 501 g/mol. The maximum atomic E-state index is 12.3. The zero-order chi connectivity index (χ0) is 23.0. The highest BCUT2D eigenvalue weighted by Gasteiger charge is 2.18. The summed E-state index contributed by atoms with van der Waals surface area (Å²) < 4.78 is 0. The van der Waals surface area contributed by atoms with Gasteiger partial charge in [0.15, 0.2) is 0 Å². The van der Waals surface area contributed by atoms with Gasteiger partial charge in [0.2, 0.25) is 5.91 Å². The maximum Gasteiger partial charge on any atom is 0.224 e. The first-order valence-electron chi connectivity index (χ1n) is 11.4. The molecular formula is C26H29Cl2N3OS. The number of halogens is 2. The van der Waals surface area contributed by atoms with Gasteiger partial charge in [-0.15, -0.1) is 0 Å². The van der Waals surface area contributed by atoms with E-state index in [0.717, 1.165) is 63.4 Å². The van der Waals surface area contributed by atoms with Crippen molar-refractivity contribution >= 4 is 51.8 Å². The molecule has 4 nitrogen and oxygen atoms in total. The van der Waals surface area contributed by atoms with Gasteiger partial charge in [0.1, 0.15) is 0 Å². The number of thiophene rings is 1. The van der Waals surface area contributed by atoms with Gasteiger partial charge in [-0.2, -0.15) is 11.3 Å². The van der Waals surface area contributed by atoms with Gasteiger partial charge in [0.25, 0.3) is 0 Å². The van der Waals surface area contributed by atoms with E-state index in [1.807, 2.05) is 30.3 Å². The lowest BCUT2D eigenvalue weighted by Crippen LogP contribution is -2.31. The lowest BCUT2D eigenvalue weighted by Gasteiger charge is -2.25. The van der Waals surface area contributed by atoms with E-state index in [1.54, 1.807) is 11.3 Å². The van der Waals surface area contributed by atoms with E-state index in [-0.39, 0.29) is 5.91 Å². The van der Waals surface area contributed by atoms with Crippen molar-refractivity contribution in [3.63, 3.8) is 0 Å². The molecule has 0 spiro atoms. The van der Waals surface area contributed by atoms with Gasteiger partial charge in [-0.1, -0.05) is 41.4 Å². The number of benzene rings is 2. The Kier molecular flexibility index (Phi) is 8.68. The van der Waals surface area contributed by atoms with E-state index >= 15 is 0 Å². The summed E-state index contributed by atoms with van der Waals surface area (Å²) in [5.41, 5.74) is 4.25. The molecule has 7 heteroatoms. The standard InChI is InChI=1S/C26H29Cl2N3OS/c27-23-5-3-6-24(26(23)28)31-15-4-14-30(16-17-31)13-2-1-7-25(32)29-22-10-8-20(9-11-22)21-12-18-33-19-21/h3,5-6,8-12,18-19H,1-2,4,7,13-17H2,(H,29,32). The fourth-order valence-electron chi connectivity index (χ4n) is 4.19. The molecule has 1 saturated heterocycles. The van der Waals surface area contributed by atoms with Crippen LogP contribution in [0.3, 0.4) is 0 Å². The Balaban J connectivity index is 1.16. The molecule has 0 unspecified atom stereocenters. The maximum absolute atomic E-state index is 12.3. The van der Waals surface area contributed by atoms with Gasteiger partial charge < -0.3 is 15.1 Å². The van der Waals surface area contributed by atoms with Gasteiger partial charge in [-0.05, 0) is 84.6 Å².